The van der Waals surface area contributed by atoms with Gasteiger partial charge >= 0.3 is 0 Å². The van der Waals surface area contributed by atoms with Crippen LogP contribution in [0.5, 0.6) is 5.75 Å². The normalized spacial score (nSPS) is 12.6. The van der Waals surface area contributed by atoms with Crippen LogP contribution in [0.2, 0.25) is 0 Å². The predicted octanol–water partition coefficient (Wildman–Crippen LogP) is 4.25. The maximum absolute atomic E-state index is 6.38. The number of furan rings is 1. The van der Waals surface area contributed by atoms with E-state index in [1.54, 1.807) is 13.4 Å². The number of rotatable bonds is 3. The van der Waals surface area contributed by atoms with Gasteiger partial charge in [-0.05, 0) is 18.2 Å². The van der Waals surface area contributed by atoms with Gasteiger partial charge in [0.1, 0.15) is 11.5 Å². The first-order valence-electron chi connectivity index (χ1n) is 6.26. The summed E-state index contributed by atoms with van der Waals surface area (Å²) >= 11 is 3.47. The standard InChI is InChI=1S/C16H14BrNO2/c1-19-14-7-6-11(17)8-13(14)15(18)16-12-5-3-2-4-10(12)9-20-16/h2-9,15H,18H2,1H3. The van der Waals surface area contributed by atoms with Crippen molar-refractivity contribution in [2.24, 2.45) is 5.73 Å². The summed E-state index contributed by atoms with van der Waals surface area (Å²) in [5.74, 6) is 1.50. The van der Waals surface area contributed by atoms with Gasteiger partial charge in [0.2, 0.25) is 0 Å². The Hall–Kier alpha value is -1.78. The second-order valence-electron chi connectivity index (χ2n) is 4.55. The average Bonchev–Trinajstić information content (AvgIpc) is 2.90. The van der Waals surface area contributed by atoms with Crippen molar-refractivity contribution < 1.29 is 9.15 Å². The number of methoxy groups -OCH3 is 1. The van der Waals surface area contributed by atoms with Gasteiger partial charge in [0, 0.05) is 20.8 Å². The van der Waals surface area contributed by atoms with Gasteiger partial charge in [0.25, 0.3) is 0 Å². The summed E-state index contributed by atoms with van der Waals surface area (Å²) < 4.78 is 12.0. The first-order chi connectivity index (χ1) is 9.70. The fraction of sp³-hybridized carbons (Fsp3) is 0.125. The van der Waals surface area contributed by atoms with Crippen molar-refractivity contribution >= 4 is 26.7 Å². The Kier molecular flexibility index (Phi) is 3.51. The molecular weight excluding hydrogens is 318 g/mol. The van der Waals surface area contributed by atoms with Gasteiger partial charge in [-0.3, -0.25) is 0 Å². The fourth-order valence-corrected chi connectivity index (χ4v) is 2.72. The molecule has 3 rings (SSSR count). The van der Waals surface area contributed by atoms with Crippen LogP contribution in [-0.2, 0) is 0 Å². The SMILES string of the molecule is COc1ccc(Br)cc1C(N)c1occ2ccccc12. The molecule has 3 nitrogen and oxygen atoms in total. The van der Waals surface area contributed by atoms with E-state index in [0.29, 0.717) is 0 Å². The molecule has 102 valence electrons. The highest BCUT2D eigenvalue weighted by Gasteiger charge is 2.20. The first-order valence-corrected chi connectivity index (χ1v) is 7.05. The Balaban J connectivity index is 2.13. The highest BCUT2D eigenvalue weighted by Crippen LogP contribution is 2.34. The molecule has 2 aromatic carbocycles. The minimum Gasteiger partial charge on any atom is -0.496 e. The van der Waals surface area contributed by atoms with Crippen LogP contribution in [0.25, 0.3) is 10.8 Å². The Morgan fingerprint density at radius 2 is 2.00 bits per heavy atom. The molecular formula is C16H14BrNO2. The van der Waals surface area contributed by atoms with E-state index in [1.165, 1.54) is 0 Å². The topological polar surface area (TPSA) is 48.4 Å². The van der Waals surface area contributed by atoms with Gasteiger partial charge in [-0.25, -0.2) is 0 Å². The summed E-state index contributed by atoms with van der Waals surface area (Å²) in [5, 5.41) is 2.08. The Morgan fingerprint density at radius 3 is 2.80 bits per heavy atom. The van der Waals surface area contributed by atoms with Crippen LogP contribution >= 0.6 is 15.9 Å². The lowest BCUT2D eigenvalue weighted by Gasteiger charge is -2.14. The van der Waals surface area contributed by atoms with E-state index in [1.807, 2.05) is 42.5 Å². The second-order valence-corrected chi connectivity index (χ2v) is 5.47. The summed E-state index contributed by atoms with van der Waals surface area (Å²) in [7, 11) is 1.64. The molecule has 2 N–H and O–H groups in total. The number of halogens is 1. The Labute approximate surface area is 125 Å². The minimum absolute atomic E-state index is 0.373. The second kappa shape index (κ2) is 5.31. The van der Waals surface area contributed by atoms with E-state index < -0.39 is 0 Å². The van der Waals surface area contributed by atoms with Crippen molar-refractivity contribution in [3.8, 4) is 5.75 Å². The molecule has 0 amide bonds. The molecule has 0 aliphatic heterocycles. The third-order valence-corrected chi connectivity index (χ3v) is 3.84. The Bertz CT molecular complexity index is 751. The summed E-state index contributed by atoms with van der Waals surface area (Å²) in [6.07, 6.45) is 1.73. The van der Waals surface area contributed by atoms with Crippen LogP contribution in [-0.4, -0.2) is 7.11 Å². The molecule has 1 aromatic heterocycles. The number of hydrogen-bond acceptors (Lipinski definition) is 3. The summed E-state index contributed by atoms with van der Waals surface area (Å²) in [6, 6.07) is 13.4. The van der Waals surface area contributed by atoms with Crippen LogP contribution in [0.3, 0.4) is 0 Å². The van der Waals surface area contributed by atoms with Gasteiger partial charge in [-0.15, -0.1) is 0 Å². The van der Waals surface area contributed by atoms with E-state index in [9.17, 15) is 0 Å². The lowest BCUT2D eigenvalue weighted by molar-refractivity contribution is 0.403. The summed E-state index contributed by atoms with van der Waals surface area (Å²) in [5.41, 5.74) is 7.27. The first kappa shape index (κ1) is 13.2. The van der Waals surface area contributed by atoms with Crippen molar-refractivity contribution in [1.82, 2.24) is 0 Å². The fourth-order valence-electron chi connectivity index (χ4n) is 2.34. The van der Waals surface area contributed by atoms with E-state index in [0.717, 1.165) is 32.3 Å². The molecule has 1 heterocycles. The van der Waals surface area contributed by atoms with Crippen LogP contribution in [0.15, 0.2) is 57.6 Å². The molecule has 3 aromatic rings. The van der Waals surface area contributed by atoms with Gasteiger partial charge in [0.15, 0.2) is 0 Å². The number of ether oxygens (including phenoxy) is 1. The number of hydrogen-bond donors (Lipinski definition) is 1. The molecule has 4 heteroatoms. The summed E-state index contributed by atoms with van der Waals surface area (Å²) in [6.45, 7) is 0. The van der Waals surface area contributed by atoms with Crippen LogP contribution in [0.1, 0.15) is 17.4 Å². The zero-order valence-corrected chi connectivity index (χ0v) is 12.6. The van der Waals surface area contributed by atoms with Crippen LogP contribution in [0, 0.1) is 0 Å². The molecule has 0 aliphatic rings. The molecule has 0 aliphatic carbocycles. The molecule has 20 heavy (non-hydrogen) atoms. The predicted molar refractivity (Wildman–Crippen MR) is 82.9 cm³/mol. The molecule has 0 saturated heterocycles. The van der Waals surface area contributed by atoms with Crippen molar-refractivity contribution in [2.45, 2.75) is 6.04 Å². The molecule has 0 saturated carbocycles. The van der Waals surface area contributed by atoms with Gasteiger partial charge in [0.05, 0.1) is 19.4 Å². The van der Waals surface area contributed by atoms with Gasteiger partial charge in [-0.1, -0.05) is 40.2 Å². The molecule has 0 spiro atoms. The molecule has 0 bridgehead atoms. The number of benzene rings is 2. The zero-order valence-electron chi connectivity index (χ0n) is 11.0. The van der Waals surface area contributed by atoms with E-state index in [-0.39, 0.29) is 6.04 Å². The van der Waals surface area contributed by atoms with Crippen molar-refractivity contribution in [2.75, 3.05) is 7.11 Å². The molecule has 1 unspecified atom stereocenters. The maximum Gasteiger partial charge on any atom is 0.132 e. The van der Waals surface area contributed by atoms with E-state index >= 15 is 0 Å². The largest absolute Gasteiger partial charge is 0.496 e. The quantitative estimate of drug-likeness (QED) is 0.780. The van der Waals surface area contributed by atoms with Crippen LogP contribution in [0.4, 0.5) is 0 Å². The van der Waals surface area contributed by atoms with Crippen molar-refractivity contribution in [3.63, 3.8) is 0 Å². The van der Waals surface area contributed by atoms with E-state index in [2.05, 4.69) is 15.9 Å². The van der Waals surface area contributed by atoms with Crippen molar-refractivity contribution in [3.05, 3.63) is 64.5 Å². The Morgan fingerprint density at radius 1 is 1.20 bits per heavy atom. The van der Waals surface area contributed by atoms with Crippen molar-refractivity contribution in [1.29, 1.82) is 0 Å². The highest BCUT2D eigenvalue weighted by atomic mass is 79.9. The third kappa shape index (κ3) is 2.21. The molecule has 1 atom stereocenters. The average molecular weight is 332 g/mol. The lowest BCUT2D eigenvalue weighted by atomic mass is 10.0. The summed E-state index contributed by atoms with van der Waals surface area (Å²) in [4.78, 5) is 0. The number of nitrogens with two attached hydrogens (primary N) is 1. The van der Waals surface area contributed by atoms with E-state index in [4.69, 9.17) is 14.9 Å². The highest BCUT2D eigenvalue weighted by molar-refractivity contribution is 9.10. The lowest BCUT2D eigenvalue weighted by Crippen LogP contribution is -2.12. The minimum atomic E-state index is -0.373. The maximum atomic E-state index is 6.38. The molecule has 0 fully saturated rings. The monoisotopic (exact) mass is 331 g/mol. The molecule has 0 radical (unpaired) electrons. The van der Waals surface area contributed by atoms with Gasteiger partial charge in [-0.2, -0.15) is 0 Å². The van der Waals surface area contributed by atoms with Gasteiger partial charge < -0.3 is 14.9 Å². The van der Waals surface area contributed by atoms with Crippen LogP contribution < -0.4 is 10.5 Å². The zero-order chi connectivity index (χ0) is 14.1. The number of fused-ring (bicyclic) bond motifs is 1. The smallest absolute Gasteiger partial charge is 0.132 e. The third-order valence-electron chi connectivity index (χ3n) is 3.35.